The fraction of sp³-hybridized carbons (Fsp3) is 0.536. The fourth-order valence-corrected chi connectivity index (χ4v) is 5.20. The summed E-state index contributed by atoms with van der Waals surface area (Å²) in [6.07, 6.45) is 3.40. The van der Waals surface area contributed by atoms with Crippen LogP contribution in [0.2, 0.25) is 5.02 Å². The number of ether oxygens (including phenoxy) is 3. The van der Waals surface area contributed by atoms with E-state index in [2.05, 4.69) is 24.0 Å². The third kappa shape index (κ3) is 5.69. The molecule has 1 saturated heterocycles. The van der Waals surface area contributed by atoms with Gasteiger partial charge in [0, 0.05) is 34.2 Å². The lowest BCUT2D eigenvalue weighted by atomic mass is 9.74. The first-order valence-corrected chi connectivity index (χ1v) is 12.7. The van der Waals surface area contributed by atoms with Crippen LogP contribution in [0.3, 0.4) is 0 Å². The van der Waals surface area contributed by atoms with Crippen molar-refractivity contribution in [3.8, 4) is 11.5 Å². The van der Waals surface area contributed by atoms with Gasteiger partial charge in [0.2, 0.25) is 0 Å². The maximum Gasteiger partial charge on any atom is 0.307 e. The molecule has 34 heavy (non-hydrogen) atoms. The maximum atomic E-state index is 12.1. The molecular weight excluding hydrogens is 450 g/mol. The molecule has 0 bridgehead atoms. The molecule has 2 aromatic carbocycles. The number of aryl methyl sites for hydroxylation is 1. The number of esters is 1. The smallest absolute Gasteiger partial charge is 0.307 e. The minimum Gasteiger partial charge on any atom is -0.492 e. The number of nitrogens with zero attached hydrogens (tertiary/aromatic N) is 1. The molecule has 0 unspecified atom stereocenters. The zero-order chi connectivity index (χ0) is 24.3. The van der Waals surface area contributed by atoms with E-state index in [0.717, 1.165) is 61.0 Å². The molecule has 0 radical (unpaired) electrons. The lowest BCUT2D eigenvalue weighted by Gasteiger charge is -2.38. The Labute approximate surface area is 208 Å². The molecule has 2 aromatic rings. The van der Waals surface area contributed by atoms with Crippen molar-refractivity contribution in [2.24, 2.45) is 0 Å². The molecule has 1 fully saturated rings. The number of piperidine rings is 1. The molecule has 5 nitrogen and oxygen atoms in total. The third-order valence-corrected chi connectivity index (χ3v) is 7.23. The number of halogens is 1. The number of hydrogen-bond donors (Lipinski definition) is 0. The van der Waals surface area contributed by atoms with Crippen molar-refractivity contribution >= 4 is 17.6 Å². The van der Waals surface area contributed by atoms with E-state index in [4.69, 9.17) is 25.8 Å². The van der Waals surface area contributed by atoms with Gasteiger partial charge in [0.15, 0.2) is 0 Å². The quantitative estimate of drug-likeness (QED) is 0.454. The Morgan fingerprint density at radius 3 is 2.65 bits per heavy atom. The number of fused-ring (bicyclic) bond motifs is 2. The minimum absolute atomic E-state index is 0.0500. The van der Waals surface area contributed by atoms with Gasteiger partial charge in [-0.15, -0.1) is 0 Å². The van der Waals surface area contributed by atoms with Gasteiger partial charge in [-0.2, -0.15) is 0 Å². The molecule has 184 valence electrons. The molecule has 0 atom stereocenters. The van der Waals surface area contributed by atoms with E-state index < -0.39 is 5.60 Å². The van der Waals surface area contributed by atoms with Gasteiger partial charge in [0.1, 0.15) is 23.7 Å². The standard InChI is InChI=1S/C28H36ClNO4/c1-5-20-7-6-8-24(29)22(20)18-32-21-9-10-23-25(17-21)33-19-28(23)12-15-30(16-13-28)14-11-26(31)34-27(2,3)4/h6-10,17H,5,11-16,18-19H2,1-4H3. The molecule has 0 saturated carbocycles. The molecular formula is C28H36ClNO4. The van der Waals surface area contributed by atoms with Gasteiger partial charge >= 0.3 is 5.97 Å². The maximum absolute atomic E-state index is 12.1. The minimum atomic E-state index is -0.428. The molecule has 1 spiro atoms. The van der Waals surface area contributed by atoms with E-state index in [1.165, 1.54) is 11.1 Å². The lowest BCUT2D eigenvalue weighted by molar-refractivity contribution is -0.155. The normalized spacial score (nSPS) is 17.3. The summed E-state index contributed by atoms with van der Waals surface area (Å²) in [6.45, 7) is 11.6. The highest BCUT2D eigenvalue weighted by Gasteiger charge is 2.43. The van der Waals surface area contributed by atoms with Crippen molar-refractivity contribution in [3.63, 3.8) is 0 Å². The van der Waals surface area contributed by atoms with Crippen LogP contribution in [0, 0.1) is 0 Å². The summed E-state index contributed by atoms with van der Waals surface area (Å²) in [5.41, 5.74) is 3.15. The highest BCUT2D eigenvalue weighted by atomic mass is 35.5. The second-order valence-corrected chi connectivity index (χ2v) is 10.8. The molecule has 0 aromatic heterocycles. The van der Waals surface area contributed by atoms with E-state index in [0.29, 0.717) is 19.6 Å². The predicted molar refractivity (Wildman–Crippen MR) is 135 cm³/mol. The van der Waals surface area contributed by atoms with Crippen molar-refractivity contribution in [2.45, 2.75) is 71.0 Å². The topological polar surface area (TPSA) is 48.0 Å². The summed E-state index contributed by atoms with van der Waals surface area (Å²) in [5, 5.41) is 0.745. The van der Waals surface area contributed by atoms with Gasteiger partial charge < -0.3 is 19.1 Å². The Morgan fingerprint density at radius 2 is 1.94 bits per heavy atom. The van der Waals surface area contributed by atoms with Crippen LogP contribution in [0.25, 0.3) is 0 Å². The van der Waals surface area contributed by atoms with Gasteiger partial charge in [0.05, 0.1) is 13.0 Å². The van der Waals surface area contributed by atoms with Crippen LogP contribution in [-0.4, -0.2) is 42.7 Å². The van der Waals surface area contributed by atoms with Crippen molar-refractivity contribution < 1.29 is 19.0 Å². The SMILES string of the molecule is CCc1cccc(Cl)c1COc1ccc2c(c1)OCC21CCN(CCC(=O)OC(C)(C)C)CC1. The molecule has 0 amide bonds. The first kappa shape index (κ1) is 24.9. The van der Waals surface area contributed by atoms with Gasteiger partial charge in [-0.1, -0.05) is 36.7 Å². The van der Waals surface area contributed by atoms with Crippen LogP contribution in [0.4, 0.5) is 0 Å². The van der Waals surface area contributed by atoms with E-state index in [-0.39, 0.29) is 11.4 Å². The zero-order valence-electron chi connectivity index (χ0n) is 20.8. The molecule has 4 rings (SSSR count). The lowest BCUT2D eigenvalue weighted by Crippen LogP contribution is -2.44. The average molecular weight is 486 g/mol. The van der Waals surface area contributed by atoms with E-state index >= 15 is 0 Å². The highest BCUT2D eigenvalue weighted by molar-refractivity contribution is 6.31. The second-order valence-electron chi connectivity index (χ2n) is 10.4. The third-order valence-electron chi connectivity index (χ3n) is 6.87. The summed E-state index contributed by atoms with van der Waals surface area (Å²) in [7, 11) is 0. The Bertz CT molecular complexity index is 1020. The van der Waals surface area contributed by atoms with Crippen LogP contribution in [0.5, 0.6) is 11.5 Å². The number of carbonyl (C=O) groups excluding carboxylic acids is 1. The summed E-state index contributed by atoms with van der Waals surface area (Å²) < 4.78 is 17.7. The number of benzene rings is 2. The summed E-state index contributed by atoms with van der Waals surface area (Å²) in [6, 6.07) is 12.2. The highest BCUT2D eigenvalue weighted by Crippen LogP contribution is 2.46. The molecule has 2 aliphatic heterocycles. The molecule has 2 heterocycles. The average Bonchev–Trinajstić information content (AvgIpc) is 3.14. The van der Waals surface area contributed by atoms with Crippen molar-refractivity contribution in [1.82, 2.24) is 4.90 Å². The number of likely N-dealkylation sites (tertiary alicyclic amines) is 1. The monoisotopic (exact) mass is 485 g/mol. The van der Waals surface area contributed by atoms with Crippen LogP contribution in [0.1, 0.15) is 63.6 Å². The van der Waals surface area contributed by atoms with Gasteiger partial charge in [0.25, 0.3) is 0 Å². The zero-order valence-corrected chi connectivity index (χ0v) is 21.5. The van der Waals surface area contributed by atoms with E-state index in [1.54, 1.807) is 0 Å². The largest absolute Gasteiger partial charge is 0.492 e. The molecule has 6 heteroatoms. The van der Waals surface area contributed by atoms with Crippen LogP contribution >= 0.6 is 11.6 Å². The summed E-state index contributed by atoms with van der Waals surface area (Å²) in [4.78, 5) is 14.4. The van der Waals surface area contributed by atoms with Crippen LogP contribution in [0.15, 0.2) is 36.4 Å². The molecule has 0 N–H and O–H groups in total. The van der Waals surface area contributed by atoms with Crippen molar-refractivity contribution in [2.75, 3.05) is 26.2 Å². The number of rotatable bonds is 7. The van der Waals surface area contributed by atoms with Crippen LogP contribution in [-0.2, 0) is 28.0 Å². The van der Waals surface area contributed by atoms with Crippen LogP contribution < -0.4 is 9.47 Å². The van der Waals surface area contributed by atoms with Gasteiger partial charge in [-0.25, -0.2) is 0 Å². The predicted octanol–water partition coefficient (Wildman–Crippen LogP) is 5.94. The summed E-state index contributed by atoms with van der Waals surface area (Å²) in [5.74, 6) is 1.60. The van der Waals surface area contributed by atoms with E-state index in [1.807, 2.05) is 45.0 Å². The fourth-order valence-electron chi connectivity index (χ4n) is 4.96. The van der Waals surface area contributed by atoms with Crippen molar-refractivity contribution in [3.05, 3.63) is 58.1 Å². The Balaban J connectivity index is 1.34. The first-order valence-electron chi connectivity index (χ1n) is 12.3. The second kappa shape index (κ2) is 10.2. The van der Waals surface area contributed by atoms with Gasteiger partial charge in [-0.05, 0) is 70.8 Å². The Hall–Kier alpha value is -2.24. The van der Waals surface area contributed by atoms with Gasteiger partial charge in [-0.3, -0.25) is 4.79 Å². The van der Waals surface area contributed by atoms with E-state index in [9.17, 15) is 4.79 Å². The Morgan fingerprint density at radius 1 is 1.18 bits per heavy atom. The molecule has 0 aliphatic carbocycles. The first-order chi connectivity index (χ1) is 16.2. The Kier molecular flexibility index (Phi) is 7.44. The number of hydrogen-bond acceptors (Lipinski definition) is 5. The summed E-state index contributed by atoms with van der Waals surface area (Å²) >= 11 is 6.41. The van der Waals surface area contributed by atoms with Crippen molar-refractivity contribution in [1.29, 1.82) is 0 Å². The number of carbonyl (C=O) groups is 1. The molecule has 2 aliphatic rings.